The summed E-state index contributed by atoms with van der Waals surface area (Å²) in [5, 5.41) is 1.78. The van der Waals surface area contributed by atoms with Crippen LogP contribution in [0.2, 0.25) is 0 Å². The number of rotatable bonds is 3. The van der Waals surface area contributed by atoms with Crippen LogP contribution in [0.25, 0.3) is 11.1 Å². The molecule has 0 saturated heterocycles. The van der Waals surface area contributed by atoms with Gasteiger partial charge >= 0.3 is 6.18 Å². The highest BCUT2D eigenvalue weighted by Crippen LogP contribution is 2.32. The largest absolute Gasteiger partial charge is 0.416 e. The van der Waals surface area contributed by atoms with Crippen molar-refractivity contribution in [2.24, 2.45) is 0 Å². The molecule has 0 aliphatic carbocycles. The summed E-state index contributed by atoms with van der Waals surface area (Å²) in [6.45, 7) is 1.78. The van der Waals surface area contributed by atoms with E-state index in [9.17, 15) is 18.0 Å². The smallest absolute Gasteiger partial charge is 0.293 e. The molecule has 0 amide bonds. The van der Waals surface area contributed by atoms with Crippen LogP contribution in [0.5, 0.6) is 0 Å². The molecule has 1 nitrogen and oxygen atoms in total. The summed E-state index contributed by atoms with van der Waals surface area (Å²) in [7, 11) is 0. The van der Waals surface area contributed by atoms with Gasteiger partial charge in [0.25, 0.3) is 0 Å². The number of ketones is 1. The van der Waals surface area contributed by atoms with E-state index >= 15 is 0 Å². The molecule has 0 unspecified atom stereocenters. The first-order valence-electron chi connectivity index (χ1n) is 5.71. The fourth-order valence-electron chi connectivity index (χ4n) is 1.66. The second kappa shape index (κ2) is 5.17. The molecule has 0 radical (unpaired) electrons. The standard InChI is InChI=1S/C14H11F3OS/c1-2-12(18)13-7-10(8-19-13)9-3-5-11(6-4-9)14(15,16)17/h3-8H,2H2,1H3. The third-order valence-electron chi connectivity index (χ3n) is 2.74. The Morgan fingerprint density at radius 2 is 1.79 bits per heavy atom. The molecule has 19 heavy (non-hydrogen) atoms. The van der Waals surface area contributed by atoms with E-state index in [1.807, 2.05) is 0 Å². The molecule has 1 aromatic carbocycles. The van der Waals surface area contributed by atoms with Crippen molar-refractivity contribution in [1.82, 2.24) is 0 Å². The van der Waals surface area contributed by atoms with Gasteiger partial charge in [0.1, 0.15) is 0 Å². The molecule has 0 bridgehead atoms. The minimum Gasteiger partial charge on any atom is -0.293 e. The van der Waals surface area contributed by atoms with Crippen LogP contribution in [0, 0.1) is 0 Å². The number of hydrogen-bond donors (Lipinski definition) is 0. The fourth-order valence-corrected chi connectivity index (χ4v) is 2.59. The lowest BCUT2D eigenvalue weighted by Crippen LogP contribution is -2.03. The lowest BCUT2D eigenvalue weighted by molar-refractivity contribution is -0.137. The number of alkyl halides is 3. The Bertz CT molecular complexity index is 581. The molecule has 0 saturated carbocycles. The second-order valence-corrected chi connectivity index (χ2v) is 4.96. The maximum Gasteiger partial charge on any atom is 0.416 e. The van der Waals surface area contributed by atoms with E-state index in [0.29, 0.717) is 16.9 Å². The summed E-state index contributed by atoms with van der Waals surface area (Å²) in [6, 6.07) is 6.66. The van der Waals surface area contributed by atoms with Crippen LogP contribution in [-0.2, 0) is 6.18 Å². The van der Waals surface area contributed by atoms with Gasteiger partial charge in [-0.1, -0.05) is 19.1 Å². The van der Waals surface area contributed by atoms with Gasteiger partial charge in [-0.05, 0) is 34.7 Å². The Hall–Kier alpha value is -1.62. The van der Waals surface area contributed by atoms with E-state index in [-0.39, 0.29) is 5.78 Å². The first-order chi connectivity index (χ1) is 8.91. The van der Waals surface area contributed by atoms with Gasteiger partial charge < -0.3 is 0 Å². The van der Waals surface area contributed by atoms with Crippen LogP contribution in [0.3, 0.4) is 0 Å². The van der Waals surface area contributed by atoms with Crippen molar-refractivity contribution in [3.8, 4) is 11.1 Å². The van der Waals surface area contributed by atoms with Crippen molar-refractivity contribution >= 4 is 17.1 Å². The maximum atomic E-state index is 12.4. The Balaban J connectivity index is 2.28. The molecule has 100 valence electrons. The van der Waals surface area contributed by atoms with Gasteiger partial charge in [0.2, 0.25) is 0 Å². The summed E-state index contributed by atoms with van der Waals surface area (Å²) >= 11 is 1.32. The van der Waals surface area contributed by atoms with Crippen molar-refractivity contribution in [2.45, 2.75) is 19.5 Å². The van der Waals surface area contributed by atoms with Gasteiger partial charge in [0.15, 0.2) is 5.78 Å². The molecule has 0 aliphatic rings. The van der Waals surface area contributed by atoms with E-state index in [1.54, 1.807) is 18.4 Å². The average molecular weight is 284 g/mol. The Kier molecular flexibility index (Phi) is 3.75. The summed E-state index contributed by atoms with van der Waals surface area (Å²) in [4.78, 5) is 12.1. The topological polar surface area (TPSA) is 17.1 Å². The third-order valence-corrected chi connectivity index (χ3v) is 3.71. The van der Waals surface area contributed by atoms with Crippen molar-refractivity contribution in [2.75, 3.05) is 0 Å². The van der Waals surface area contributed by atoms with E-state index in [2.05, 4.69) is 0 Å². The zero-order valence-electron chi connectivity index (χ0n) is 10.1. The summed E-state index contributed by atoms with van der Waals surface area (Å²) < 4.78 is 37.3. The van der Waals surface area contributed by atoms with E-state index in [1.165, 1.54) is 23.5 Å². The summed E-state index contributed by atoms with van der Waals surface area (Å²) in [6.07, 6.45) is -3.90. The van der Waals surface area contributed by atoms with Crippen LogP contribution in [-0.4, -0.2) is 5.78 Å². The van der Waals surface area contributed by atoms with Crippen molar-refractivity contribution in [1.29, 1.82) is 0 Å². The van der Waals surface area contributed by atoms with Crippen LogP contribution in [0.4, 0.5) is 13.2 Å². The molecular formula is C14H11F3OS. The molecule has 1 heterocycles. The molecule has 0 N–H and O–H groups in total. The number of carbonyl (C=O) groups excluding carboxylic acids is 1. The molecule has 0 atom stereocenters. The van der Waals surface area contributed by atoms with Crippen LogP contribution in [0.1, 0.15) is 28.6 Å². The highest BCUT2D eigenvalue weighted by Gasteiger charge is 2.29. The van der Waals surface area contributed by atoms with Gasteiger partial charge in [0.05, 0.1) is 10.4 Å². The first kappa shape index (κ1) is 13.8. The van der Waals surface area contributed by atoms with Crippen LogP contribution in [0.15, 0.2) is 35.7 Å². The molecule has 0 fully saturated rings. The normalized spacial score (nSPS) is 11.6. The highest BCUT2D eigenvalue weighted by atomic mass is 32.1. The molecular weight excluding hydrogens is 273 g/mol. The predicted octanol–water partition coefficient (Wildman–Crippen LogP) is 5.03. The molecule has 2 aromatic rings. The lowest BCUT2D eigenvalue weighted by atomic mass is 10.1. The fraction of sp³-hybridized carbons (Fsp3) is 0.214. The first-order valence-corrected chi connectivity index (χ1v) is 6.59. The van der Waals surface area contributed by atoms with Gasteiger partial charge in [-0.15, -0.1) is 11.3 Å². The van der Waals surface area contributed by atoms with Gasteiger partial charge in [-0.25, -0.2) is 0 Å². The number of carbonyl (C=O) groups is 1. The quantitative estimate of drug-likeness (QED) is 0.723. The van der Waals surface area contributed by atoms with Gasteiger partial charge in [0, 0.05) is 6.42 Å². The SMILES string of the molecule is CCC(=O)c1cc(-c2ccc(C(F)(F)F)cc2)cs1. The number of benzene rings is 1. The van der Waals surface area contributed by atoms with E-state index in [4.69, 9.17) is 0 Å². The highest BCUT2D eigenvalue weighted by molar-refractivity contribution is 7.12. The minimum atomic E-state index is -4.32. The summed E-state index contributed by atoms with van der Waals surface area (Å²) in [5.41, 5.74) is 0.784. The molecule has 0 aliphatic heterocycles. The van der Waals surface area contributed by atoms with Crippen LogP contribution < -0.4 is 0 Å². The number of halogens is 3. The summed E-state index contributed by atoms with van der Waals surface area (Å²) in [5.74, 6) is 0.0446. The van der Waals surface area contributed by atoms with Crippen molar-refractivity contribution in [3.05, 3.63) is 46.2 Å². The maximum absolute atomic E-state index is 12.4. The van der Waals surface area contributed by atoms with Gasteiger partial charge in [-0.2, -0.15) is 13.2 Å². The zero-order chi connectivity index (χ0) is 14.0. The van der Waals surface area contributed by atoms with Crippen molar-refractivity contribution < 1.29 is 18.0 Å². The van der Waals surface area contributed by atoms with Gasteiger partial charge in [-0.3, -0.25) is 4.79 Å². The Labute approximate surface area is 112 Å². The lowest BCUT2D eigenvalue weighted by Gasteiger charge is -2.06. The Morgan fingerprint density at radius 1 is 1.16 bits per heavy atom. The molecule has 0 spiro atoms. The zero-order valence-corrected chi connectivity index (χ0v) is 10.9. The Morgan fingerprint density at radius 3 is 2.32 bits per heavy atom. The molecule has 2 rings (SSSR count). The number of Topliss-reactive ketones (excluding diaryl/α,β-unsaturated/α-hetero) is 1. The predicted molar refractivity (Wildman–Crippen MR) is 69.4 cm³/mol. The van der Waals surface area contributed by atoms with E-state index in [0.717, 1.165) is 17.7 Å². The minimum absolute atomic E-state index is 0.0446. The molecule has 1 aromatic heterocycles. The monoisotopic (exact) mass is 284 g/mol. The third kappa shape index (κ3) is 3.04. The average Bonchev–Trinajstić information content (AvgIpc) is 2.86. The van der Waals surface area contributed by atoms with E-state index < -0.39 is 11.7 Å². The van der Waals surface area contributed by atoms with Crippen LogP contribution >= 0.6 is 11.3 Å². The number of thiophene rings is 1. The molecule has 5 heteroatoms. The second-order valence-electron chi connectivity index (χ2n) is 4.05. The van der Waals surface area contributed by atoms with Crippen molar-refractivity contribution in [3.63, 3.8) is 0 Å². The number of hydrogen-bond acceptors (Lipinski definition) is 2.